The van der Waals surface area contributed by atoms with Crippen molar-refractivity contribution in [2.45, 2.75) is 38.7 Å². The van der Waals surface area contributed by atoms with E-state index in [0.717, 1.165) is 0 Å². The number of pyridine rings is 1. The molecule has 2 bridgehead atoms. The number of aromatic nitrogens is 6. The molecule has 14 heteroatoms. The maximum Gasteiger partial charge on any atom is 0.333 e. The van der Waals surface area contributed by atoms with Gasteiger partial charge in [0.25, 0.3) is 0 Å². The number of anilines is 1. The first-order chi connectivity index (χ1) is 21.2. The smallest absolute Gasteiger partial charge is 0.333 e. The van der Waals surface area contributed by atoms with Crippen LogP contribution in [0.5, 0.6) is 0 Å². The molecule has 2 atom stereocenters. The number of carbonyl (C=O) groups excluding carboxylic acids is 1. The van der Waals surface area contributed by atoms with Crippen LogP contribution < -0.4 is 10.7 Å². The van der Waals surface area contributed by atoms with Crippen LogP contribution in [0.3, 0.4) is 0 Å². The molecule has 1 aliphatic rings. The number of nitrogens with one attached hydrogen (secondary N) is 1. The van der Waals surface area contributed by atoms with Crippen LogP contribution in [0.25, 0.3) is 28.3 Å². The van der Waals surface area contributed by atoms with Crippen molar-refractivity contribution in [1.29, 1.82) is 5.26 Å². The number of alkyl halides is 2. The summed E-state index contributed by atoms with van der Waals surface area (Å²) in [6.07, 6.45) is 6.97. The molecule has 6 rings (SSSR count). The van der Waals surface area contributed by atoms with E-state index < -0.39 is 18.4 Å². The minimum absolute atomic E-state index is 0.0343. The largest absolute Gasteiger partial charge is 0.464 e. The van der Waals surface area contributed by atoms with Crippen LogP contribution in [0.2, 0.25) is 5.02 Å². The van der Waals surface area contributed by atoms with Gasteiger partial charge >= 0.3 is 6.55 Å². The number of fused-ring (bicyclic) bond motifs is 4. The van der Waals surface area contributed by atoms with E-state index in [2.05, 4.69) is 25.7 Å². The Morgan fingerprint density at radius 1 is 1.18 bits per heavy atom. The lowest BCUT2D eigenvalue weighted by Gasteiger charge is -2.20. The highest BCUT2D eigenvalue weighted by atomic mass is 35.5. The Labute approximate surface area is 253 Å². The molecule has 0 aliphatic carbocycles. The predicted octanol–water partition coefficient (Wildman–Crippen LogP) is 5.96. The van der Waals surface area contributed by atoms with Gasteiger partial charge in [0.15, 0.2) is 11.1 Å². The molecule has 44 heavy (non-hydrogen) atoms. The lowest BCUT2D eigenvalue weighted by atomic mass is 9.88. The number of hydrogen-bond donors (Lipinski definition) is 1. The number of nitriles is 1. The summed E-state index contributed by atoms with van der Waals surface area (Å²) in [5.41, 5.74) is 2.03. The maximum absolute atomic E-state index is 13.9. The zero-order valence-corrected chi connectivity index (χ0v) is 23.9. The Morgan fingerprint density at radius 3 is 2.77 bits per heavy atom. The van der Waals surface area contributed by atoms with Crippen LogP contribution in [0.15, 0.2) is 70.5 Å². The van der Waals surface area contributed by atoms with Crippen molar-refractivity contribution in [2.24, 2.45) is 5.92 Å². The molecule has 0 unspecified atom stereocenters. The Bertz CT molecular complexity index is 1980. The lowest BCUT2D eigenvalue weighted by Crippen LogP contribution is -2.22. The first kappa shape index (κ1) is 28.9. The predicted molar refractivity (Wildman–Crippen MR) is 155 cm³/mol. The number of halogens is 3. The Balaban J connectivity index is 1.44. The van der Waals surface area contributed by atoms with E-state index in [1.54, 1.807) is 37.3 Å². The second-order valence-corrected chi connectivity index (χ2v) is 10.8. The first-order valence-corrected chi connectivity index (χ1v) is 14.0. The van der Waals surface area contributed by atoms with E-state index >= 15 is 0 Å². The summed E-state index contributed by atoms with van der Waals surface area (Å²) >= 11 is 6.28. The SMILES string of the molecule is C[C@@H]1CCC[C@@H](c2coc(-c3cc(Cl)ccc3-n3cc(C#N)nn3)cc2=O)c2cc(ccn2)-c2c(cnn2C(F)F)NC1=O. The number of nitrogens with zero attached hydrogens (tertiary/aromatic N) is 7. The van der Waals surface area contributed by atoms with E-state index in [9.17, 15) is 18.4 Å². The molecule has 1 amide bonds. The fourth-order valence-corrected chi connectivity index (χ4v) is 5.48. The van der Waals surface area contributed by atoms with Gasteiger partial charge in [0.1, 0.15) is 11.8 Å². The molecule has 0 saturated carbocycles. The summed E-state index contributed by atoms with van der Waals surface area (Å²) < 4.78 is 35.8. The highest BCUT2D eigenvalue weighted by molar-refractivity contribution is 6.31. The van der Waals surface area contributed by atoms with E-state index in [4.69, 9.17) is 21.3 Å². The van der Waals surface area contributed by atoms with E-state index in [-0.39, 0.29) is 34.2 Å². The minimum atomic E-state index is -2.95. The number of benzene rings is 1. The van der Waals surface area contributed by atoms with Crippen molar-refractivity contribution in [3.63, 3.8) is 0 Å². The van der Waals surface area contributed by atoms with E-state index in [0.29, 0.717) is 57.0 Å². The van der Waals surface area contributed by atoms with Gasteiger partial charge in [-0.2, -0.15) is 19.1 Å². The average molecular weight is 617 g/mol. The van der Waals surface area contributed by atoms with Gasteiger partial charge in [-0.25, -0.2) is 9.36 Å². The third kappa shape index (κ3) is 5.47. The molecule has 1 aliphatic heterocycles. The normalized spacial score (nSPS) is 16.9. The van der Waals surface area contributed by atoms with E-state index in [1.165, 1.54) is 35.6 Å². The van der Waals surface area contributed by atoms with Gasteiger partial charge < -0.3 is 9.73 Å². The van der Waals surface area contributed by atoms with Gasteiger partial charge in [-0.15, -0.1) is 5.10 Å². The van der Waals surface area contributed by atoms with Crippen molar-refractivity contribution in [3.8, 4) is 34.3 Å². The molecular weight excluding hydrogens is 594 g/mol. The molecule has 5 aromatic rings. The molecule has 5 heterocycles. The number of hydrogen-bond acceptors (Lipinski definition) is 8. The van der Waals surface area contributed by atoms with Gasteiger partial charge in [0.05, 0.1) is 35.7 Å². The zero-order valence-electron chi connectivity index (χ0n) is 23.1. The zero-order chi connectivity index (χ0) is 31.0. The van der Waals surface area contributed by atoms with Crippen molar-refractivity contribution in [3.05, 3.63) is 93.4 Å². The monoisotopic (exact) mass is 616 g/mol. The minimum Gasteiger partial charge on any atom is -0.464 e. The summed E-state index contributed by atoms with van der Waals surface area (Å²) in [7, 11) is 0. The fraction of sp³-hybridized carbons (Fsp3) is 0.233. The van der Waals surface area contributed by atoms with Crippen molar-refractivity contribution in [1.82, 2.24) is 29.8 Å². The molecule has 0 spiro atoms. The van der Waals surface area contributed by atoms with Gasteiger partial charge in [0, 0.05) is 51.5 Å². The van der Waals surface area contributed by atoms with Gasteiger partial charge in [-0.1, -0.05) is 30.2 Å². The van der Waals surface area contributed by atoms with Gasteiger partial charge in [0.2, 0.25) is 5.91 Å². The topological polar surface area (TPSA) is 145 Å². The van der Waals surface area contributed by atoms with Gasteiger partial charge in [-0.05, 0) is 43.2 Å². The van der Waals surface area contributed by atoms with Crippen LogP contribution in [0.4, 0.5) is 14.5 Å². The lowest BCUT2D eigenvalue weighted by molar-refractivity contribution is -0.119. The molecule has 0 saturated heterocycles. The Kier molecular flexibility index (Phi) is 7.75. The number of carbonyl (C=O) groups is 1. The Hall–Kier alpha value is -5.22. The van der Waals surface area contributed by atoms with Crippen LogP contribution in [-0.4, -0.2) is 35.7 Å². The molecule has 11 nitrogen and oxygen atoms in total. The third-order valence-corrected chi connectivity index (χ3v) is 7.78. The standard InChI is InChI=1S/C30H23ClF2N8O3/c1-16-3-2-4-20(23-9-17(7-8-35-23)28-24(37-29(16)43)13-36-41(28)30(32)33)22-15-44-27(11-26(22)42)21-10-18(31)5-6-25(21)40-14-19(12-34)38-39-40/h5-11,13-16,20,30H,2-4H2,1H3,(H,37,43)/t16-,20+/m1/s1. The molecule has 222 valence electrons. The second kappa shape index (κ2) is 11.8. The van der Waals surface area contributed by atoms with Crippen LogP contribution in [0, 0.1) is 17.2 Å². The summed E-state index contributed by atoms with van der Waals surface area (Å²) in [6, 6.07) is 11.4. The fourth-order valence-electron chi connectivity index (χ4n) is 5.31. The molecule has 0 radical (unpaired) electrons. The molecule has 1 aromatic carbocycles. The highest BCUT2D eigenvalue weighted by Gasteiger charge is 2.27. The molecule has 0 fully saturated rings. The average Bonchev–Trinajstić information content (AvgIpc) is 3.67. The third-order valence-electron chi connectivity index (χ3n) is 7.54. The highest BCUT2D eigenvalue weighted by Crippen LogP contribution is 2.37. The van der Waals surface area contributed by atoms with E-state index in [1.807, 2.05) is 6.07 Å². The summed E-state index contributed by atoms with van der Waals surface area (Å²) in [4.78, 5) is 31.1. The summed E-state index contributed by atoms with van der Waals surface area (Å²) in [5, 5.41) is 23.9. The van der Waals surface area contributed by atoms with Crippen molar-refractivity contribution < 1.29 is 18.0 Å². The second-order valence-electron chi connectivity index (χ2n) is 10.4. The van der Waals surface area contributed by atoms with Crippen molar-refractivity contribution in [2.75, 3.05) is 5.32 Å². The van der Waals surface area contributed by atoms with Crippen LogP contribution in [-0.2, 0) is 4.79 Å². The van der Waals surface area contributed by atoms with Crippen LogP contribution >= 0.6 is 11.6 Å². The number of rotatable bonds is 4. The molecular formula is C30H23ClF2N8O3. The molecule has 1 N–H and O–H groups in total. The number of amides is 1. The quantitative estimate of drug-likeness (QED) is 0.260. The van der Waals surface area contributed by atoms with Crippen molar-refractivity contribution >= 4 is 23.2 Å². The summed E-state index contributed by atoms with van der Waals surface area (Å²) in [6.45, 7) is -1.20. The molecule has 4 aromatic heterocycles. The first-order valence-electron chi connectivity index (χ1n) is 13.6. The van der Waals surface area contributed by atoms with Gasteiger partial charge in [-0.3, -0.25) is 14.6 Å². The van der Waals surface area contributed by atoms with Crippen LogP contribution in [0.1, 0.15) is 55.6 Å². The Morgan fingerprint density at radius 2 is 2.02 bits per heavy atom. The maximum atomic E-state index is 13.9. The summed E-state index contributed by atoms with van der Waals surface area (Å²) in [5.74, 6) is -1.10.